The van der Waals surface area contributed by atoms with Gasteiger partial charge in [-0.1, -0.05) is 43.7 Å². The third kappa shape index (κ3) is 6.15. The molecular weight excluding hydrogens is 284 g/mol. The molecule has 23 heavy (non-hydrogen) atoms. The second-order valence-corrected chi connectivity index (χ2v) is 6.40. The molecule has 3 heteroatoms. The molecule has 0 atom stereocenters. The predicted molar refractivity (Wildman–Crippen MR) is 97.9 cm³/mol. The average molecular weight is 310 g/mol. The summed E-state index contributed by atoms with van der Waals surface area (Å²) in [5.41, 5.74) is 4.15. The Labute approximate surface area is 139 Å². The first-order valence-electron chi connectivity index (χ1n) is 8.22. The summed E-state index contributed by atoms with van der Waals surface area (Å²) in [6.07, 6.45) is 1.55. The van der Waals surface area contributed by atoms with E-state index in [-0.39, 0.29) is 5.91 Å². The Balaban J connectivity index is 1.82. The third-order valence-electron chi connectivity index (χ3n) is 3.70. The Hall–Kier alpha value is -2.29. The van der Waals surface area contributed by atoms with E-state index < -0.39 is 0 Å². The number of hydrogen-bond donors (Lipinski definition) is 2. The molecule has 0 bridgehead atoms. The van der Waals surface area contributed by atoms with Crippen molar-refractivity contribution in [3.05, 3.63) is 59.7 Å². The molecule has 0 aromatic heterocycles. The van der Waals surface area contributed by atoms with Crippen molar-refractivity contribution in [3.8, 4) is 0 Å². The predicted octanol–water partition coefficient (Wildman–Crippen LogP) is 4.63. The second kappa shape index (κ2) is 8.37. The van der Waals surface area contributed by atoms with Gasteiger partial charge < -0.3 is 10.6 Å². The lowest BCUT2D eigenvalue weighted by atomic mass is 10.1. The third-order valence-corrected chi connectivity index (χ3v) is 3.70. The van der Waals surface area contributed by atoms with Crippen LogP contribution in [-0.4, -0.2) is 12.5 Å². The fourth-order valence-corrected chi connectivity index (χ4v) is 2.27. The lowest BCUT2D eigenvalue weighted by Gasteiger charge is -2.10. The lowest BCUT2D eigenvalue weighted by Crippen LogP contribution is -2.14. The lowest BCUT2D eigenvalue weighted by molar-refractivity contribution is -0.115. The topological polar surface area (TPSA) is 41.1 Å². The molecule has 0 spiro atoms. The summed E-state index contributed by atoms with van der Waals surface area (Å²) in [6.45, 7) is 7.44. The summed E-state index contributed by atoms with van der Waals surface area (Å²) < 4.78 is 0. The number of benzene rings is 2. The van der Waals surface area contributed by atoms with E-state index in [1.54, 1.807) is 0 Å². The van der Waals surface area contributed by atoms with E-state index in [1.807, 2.05) is 55.5 Å². The van der Waals surface area contributed by atoms with Crippen molar-refractivity contribution in [2.45, 2.75) is 33.6 Å². The number of carbonyl (C=O) groups excluding carboxylic acids is 1. The molecule has 2 rings (SSSR count). The molecule has 0 saturated carbocycles. The zero-order valence-electron chi connectivity index (χ0n) is 14.2. The van der Waals surface area contributed by atoms with Crippen molar-refractivity contribution in [3.63, 3.8) is 0 Å². The van der Waals surface area contributed by atoms with Crippen LogP contribution in [-0.2, 0) is 11.2 Å². The van der Waals surface area contributed by atoms with E-state index in [2.05, 4.69) is 24.5 Å². The van der Waals surface area contributed by atoms with Gasteiger partial charge in [-0.2, -0.15) is 0 Å². The van der Waals surface area contributed by atoms with Crippen LogP contribution in [0.5, 0.6) is 0 Å². The first kappa shape index (κ1) is 17.1. The summed E-state index contributed by atoms with van der Waals surface area (Å²) in [6, 6.07) is 15.9. The minimum atomic E-state index is 0.00868. The maximum Gasteiger partial charge on any atom is 0.228 e. The fraction of sp³-hybridized carbons (Fsp3) is 0.350. The highest BCUT2D eigenvalue weighted by atomic mass is 16.1. The first-order valence-corrected chi connectivity index (χ1v) is 8.22. The maximum absolute atomic E-state index is 12.1. The van der Waals surface area contributed by atoms with Crippen molar-refractivity contribution in [1.82, 2.24) is 0 Å². The normalized spacial score (nSPS) is 10.6. The monoisotopic (exact) mass is 310 g/mol. The van der Waals surface area contributed by atoms with Crippen LogP contribution in [0.15, 0.2) is 48.5 Å². The number of aryl methyl sites for hydroxylation is 1. The Bertz CT molecular complexity index is 615. The molecule has 2 N–H and O–H groups in total. The van der Waals surface area contributed by atoms with Gasteiger partial charge in [-0.3, -0.25) is 4.79 Å². The van der Waals surface area contributed by atoms with Crippen LogP contribution in [0.3, 0.4) is 0 Å². The number of carbonyl (C=O) groups is 1. The Morgan fingerprint density at radius 3 is 2.17 bits per heavy atom. The highest BCUT2D eigenvalue weighted by Crippen LogP contribution is 2.14. The second-order valence-electron chi connectivity index (χ2n) is 6.40. The SMILES string of the molecule is Cc1ccc(CC(=O)Nc2ccc(NCCC(C)C)cc2)cc1. The highest BCUT2D eigenvalue weighted by Gasteiger charge is 2.04. The Morgan fingerprint density at radius 1 is 0.957 bits per heavy atom. The molecule has 2 aromatic carbocycles. The molecule has 0 aliphatic heterocycles. The molecule has 3 nitrogen and oxygen atoms in total. The maximum atomic E-state index is 12.1. The smallest absolute Gasteiger partial charge is 0.228 e. The molecule has 2 aromatic rings. The van der Waals surface area contributed by atoms with Crippen molar-refractivity contribution in [2.24, 2.45) is 5.92 Å². The summed E-state index contributed by atoms with van der Waals surface area (Å²) in [5, 5.41) is 6.33. The van der Waals surface area contributed by atoms with Crippen LogP contribution in [0, 0.1) is 12.8 Å². The van der Waals surface area contributed by atoms with Crippen LogP contribution in [0.25, 0.3) is 0 Å². The minimum Gasteiger partial charge on any atom is -0.385 e. The Kier molecular flexibility index (Phi) is 6.21. The van der Waals surface area contributed by atoms with Gasteiger partial charge in [0.15, 0.2) is 0 Å². The van der Waals surface area contributed by atoms with E-state index in [0.29, 0.717) is 12.3 Å². The van der Waals surface area contributed by atoms with E-state index in [0.717, 1.165) is 29.9 Å². The van der Waals surface area contributed by atoms with Crippen molar-refractivity contribution in [2.75, 3.05) is 17.2 Å². The van der Waals surface area contributed by atoms with Gasteiger partial charge in [-0.05, 0) is 49.1 Å². The van der Waals surface area contributed by atoms with Gasteiger partial charge >= 0.3 is 0 Å². The van der Waals surface area contributed by atoms with Gasteiger partial charge in [0.05, 0.1) is 6.42 Å². The minimum absolute atomic E-state index is 0.00868. The van der Waals surface area contributed by atoms with Gasteiger partial charge in [0.25, 0.3) is 0 Å². The van der Waals surface area contributed by atoms with Gasteiger partial charge in [0.2, 0.25) is 5.91 Å². The van der Waals surface area contributed by atoms with Gasteiger partial charge in [-0.25, -0.2) is 0 Å². The van der Waals surface area contributed by atoms with Gasteiger partial charge in [-0.15, -0.1) is 0 Å². The molecule has 0 heterocycles. The van der Waals surface area contributed by atoms with Crippen molar-refractivity contribution >= 4 is 17.3 Å². The highest BCUT2D eigenvalue weighted by molar-refractivity contribution is 5.92. The van der Waals surface area contributed by atoms with Gasteiger partial charge in [0.1, 0.15) is 0 Å². The summed E-state index contributed by atoms with van der Waals surface area (Å²) in [5.74, 6) is 0.706. The number of amides is 1. The molecule has 0 aliphatic rings. The van der Waals surface area contributed by atoms with E-state index in [1.165, 1.54) is 5.56 Å². The van der Waals surface area contributed by atoms with E-state index in [9.17, 15) is 4.79 Å². The van der Waals surface area contributed by atoms with Crippen LogP contribution in [0.1, 0.15) is 31.4 Å². The molecule has 0 fully saturated rings. The molecule has 0 saturated heterocycles. The van der Waals surface area contributed by atoms with Crippen LogP contribution >= 0.6 is 0 Å². The number of rotatable bonds is 7. The summed E-state index contributed by atoms with van der Waals surface area (Å²) in [4.78, 5) is 12.1. The quantitative estimate of drug-likeness (QED) is 0.782. The average Bonchev–Trinajstić information content (AvgIpc) is 2.51. The molecule has 0 aliphatic carbocycles. The first-order chi connectivity index (χ1) is 11.0. The fourth-order valence-electron chi connectivity index (χ4n) is 2.27. The molecule has 1 amide bonds. The van der Waals surface area contributed by atoms with Crippen LogP contribution in [0.2, 0.25) is 0 Å². The Morgan fingerprint density at radius 2 is 1.57 bits per heavy atom. The van der Waals surface area contributed by atoms with E-state index in [4.69, 9.17) is 0 Å². The standard InChI is InChI=1S/C20H26N2O/c1-15(2)12-13-21-18-8-10-19(11-9-18)22-20(23)14-17-6-4-16(3)5-7-17/h4-11,15,21H,12-14H2,1-3H3,(H,22,23). The van der Waals surface area contributed by atoms with Gasteiger partial charge in [0, 0.05) is 17.9 Å². The summed E-state index contributed by atoms with van der Waals surface area (Å²) in [7, 11) is 0. The number of nitrogens with one attached hydrogen (secondary N) is 2. The zero-order valence-corrected chi connectivity index (χ0v) is 14.2. The molecule has 0 unspecified atom stereocenters. The number of anilines is 2. The summed E-state index contributed by atoms with van der Waals surface area (Å²) >= 11 is 0. The van der Waals surface area contributed by atoms with Crippen molar-refractivity contribution in [1.29, 1.82) is 0 Å². The van der Waals surface area contributed by atoms with Crippen molar-refractivity contribution < 1.29 is 4.79 Å². The van der Waals surface area contributed by atoms with Crippen LogP contribution in [0.4, 0.5) is 11.4 Å². The molecule has 122 valence electrons. The number of hydrogen-bond acceptors (Lipinski definition) is 2. The van der Waals surface area contributed by atoms with Crippen LogP contribution < -0.4 is 10.6 Å². The molecule has 0 radical (unpaired) electrons. The zero-order chi connectivity index (χ0) is 16.7. The van der Waals surface area contributed by atoms with E-state index >= 15 is 0 Å². The molecular formula is C20H26N2O. The largest absolute Gasteiger partial charge is 0.385 e.